The van der Waals surface area contributed by atoms with Gasteiger partial charge >= 0.3 is 18.0 Å². The second kappa shape index (κ2) is 14.4. The van der Waals surface area contributed by atoms with E-state index in [1.165, 1.54) is 12.1 Å². The van der Waals surface area contributed by atoms with Crippen LogP contribution in [-0.4, -0.2) is 76.9 Å². The van der Waals surface area contributed by atoms with Crippen LogP contribution in [0.2, 0.25) is 0 Å². The van der Waals surface area contributed by atoms with Gasteiger partial charge in [-0.25, -0.2) is 14.6 Å². The number of ether oxygens (including phenoxy) is 4. The van der Waals surface area contributed by atoms with E-state index in [0.29, 0.717) is 0 Å². The monoisotopic (exact) mass is 630 g/mol. The Balaban J connectivity index is 1.90. The molecule has 3 rings (SSSR count). The lowest BCUT2D eigenvalue weighted by molar-refractivity contribution is -0.164. The molecule has 1 aromatic heterocycles. The Kier molecular flexibility index (Phi) is 11.4. The van der Waals surface area contributed by atoms with Gasteiger partial charge in [-0.2, -0.15) is 5.26 Å². The van der Waals surface area contributed by atoms with Gasteiger partial charge in [0.25, 0.3) is 0 Å². The number of carbonyl (C=O) groups excluding carboxylic acids is 3. The number of aliphatic hydroxyl groups is 1. The Morgan fingerprint density at radius 3 is 2.49 bits per heavy atom. The van der Waals surface area contributed by atoms with Gasteiger partial charge in [-0.05, 0) is 57.1 Å². The molecule has 248 valence electrons. The van der Waals surface area contributed by atoms with Crippen LogP contribution in [-0.2, 0) is 34.1 Å². The second-order valence-corrected chi connectivity index (χ2v) is 13.6. The van der Waals surface area contributed by atoms with E-state index in [1.54, 1.807) is 41.5 Å². The molecule has 1 amide bonds. The summed E-state index contributed by atoms with van der Waals surface area (Å²) in [5, 5.41) is 31.6. The van der Waals surface area contributed by atoms with Crippen LogP contribution in [0, 0.1) is 28.1 Å². The molecule has 14 heteroatoms. The van der Waals surface area contributed by atoms with Gasteiger partial charge in [0, 0.05) is 6.42 Å². The molecular formula is C31H46N6O8. The number of nitrogens with one attached hydrogen (secondary N) is 3. The summed E-state index contributed by atoms with van der Waals surface area (Å²) in [4.78, 5) is 45.6. The quantitative estimate of drug-likeness (QED) is 0.110. The van der Waals surface area contributed by atoms with Crippen molar-refractivity contribution in [3.8, 4) is 6.07 Å². The number of nitriles is 1. The van der Waals surface area contributed by atoms with Gasteiger partial charge in [0.1, 0.15) is 48.7 Å². The summed E-state index contributed by atoms with van der Waals surface area (Å²) in [6.45, 7) is 9.77. The summed E-state index contributed by atoms with van der Waals surface area (Å²) >= 11 is 0. The number of amidine groups is 1. The first kappa shape index (κ1) is 35.5. The fourth-order valence-corrected chi connectivity index (χ4v) is 5.47. The fraction of sp³-hybridized carbons (Fsp3) is 0.677. The van der Waals surface area contributed by atoms with Crippen LogP contribution in [0.4, 0.5) is 4.79 Å². The molecule has 2 aliphatic rings. The molecular weight excluding hydrogens is 584 g/mol. The molecule has 0 unspecified atom stereocenters. The first-order valence-corrected chi connectivity index (χ1v) is 15.2. The Labute approximate surface area is 263 Å². The van der Waals surface area contributed by atoms with Gasteiger partial charge in [-0.15, -0.1) is 0 Å². The largest absolute Gasteiger partial charge is 0.463 e. The molecule has 0 bridgehead atoms. The van der Waals surface area contributed by atoms with Crippen LogP contribution in [0.25, 0.3) is 0 Å². The number of hydrogen-bond donors (Lipinski definition) is 5. The third kappa shape index (κ3) is 9.04. The fourth-order valence-electron chi connectivity index (χ4n) is 5.47. The van der Waals surface area contributed by atoms with E-state index in [1.807, 2.05) is 6.07 Å². The number of rotatable bonds is 10. The number of nitrogens with zero attached hydrogens (tertiary/aromatic N) is 2. The molecule has 2 heterocycles. The van der Waals surface area contributed by atoms with Crippen molar-refractivity contribution in [3.05, 3.63) is 23.5 Å². The lowest BCUT2D eigenvalue weighted by Crippen LogP contribution is -2.53. The van der Waals surface area contributed by atoms with Gasteiger partial charge in [0.2, 0.25) is 5.60 Å². The molecule has 0 radical (unpaired) electrons. The van der Waals surface area contributed by atoms with Crippen molar-refractivity contribution in [2.45, 2.75) is 116 Å². The average Bonchev–Trinajstić information content (AvgIpc) is 3.54. The zero-order chi connectivity index (χ0) is 33.6. The molecule has 1 saturated carbocycles. The first-order chi connectivity index (χ1) is 21.0. The number of aromatic amines is 1. The topological polar surface area (TPSA) is 222 Å². The van der Waals surface area contributed by atoms with Gasteiger partial charge in [0.15, 0.2) is 6.10 Å². The maximum Gasteiger partial charge on any atom is 0.408 e. The van der Waals surface area contributed by atoms with Crippen molar-refractivity contribution in [2.24, 2.45) is 22.1 Å². The van der Waals surface area contributed by atoms with Crippen LogP contribution in [0.3, 0.4) is 0 Å². The summed E-state index contributed by atoms with van der Waals surface area (Å²) in [6.07, 6.45) is 0.754. The number of hydrogen-bond acceptors (Lipinski definition) is 10. The van der Waals surface area contributed by atoms with E-state index < -0.39 is 65.6 Å². The smallest absolute Gasteiger partial charge is 0.408 e. The normalized spacial score (nSPS) is 25.1. The first-order valence-electron chi connectivity index (χ1n) is 15.2. The zero-order valence-corrected chi connectivity index (χ0v) is 26.8. The van der Waals surface area contributed by atoms with E-state index in [2.05, 4.69) is 15.3 Å². The van der Waals surface area contributed by atoms with Crippen LogP contribution in [0.15, 0.2) is 17.1 Å². The van der Waals surface area contributed by atoms with Crippen LogP contribution >= 0.6 is 0 Å². The molecule has 0 spiro atoms. The Hall–Kier alpha value is -3.96. The minimum Gasteiger partial charge on any atom is -0.463 e. The van der Waals surface area contributed by atoms with Crippen molar-refractivity contribution in [2.75, 3.05) is 6.61 Å². The van der Waals surface area contributed by atoms with E-state index in [4.69, 9.17) is 30.1 Å². The summed E-state index contributed by atoms with van der Waals surface area (Å²) in [5.74, 6) is -1.21. The molecule has 5 atom stereocenters. The number of aliphatic hydroxyl groups excluding tert-OH is 1. The Morgan fingerprint density at radius 2 is 1.91 bits per heavy atom. The van der Waals surface area contributed by atoms with Crippen molar-refractivity contribution in [1.29, 1.82) is 10.7 Å². The molecule has 1 aliphatic heterocycles. The van der Waals surface area contributed by atoms with E-state index in [0.717, 1.165) is 38.4 Å². The maximum atomic E-state index is 13.6. The zero-order valence-electron chi connectivity index (χ0n) is 26.8. The number of alkyl carbamates (subject to hydrolysis) is 1. The highest BCUT2D eigenvalue weighted by atomic mass is 16.6. The third-order valence-corrected chi connectivity index (χ3v) is 7.77. The third-order valence-electron chi connectivity index (χ3n) is 7.77. The van der Waals surface area contributed by atoms with Crippen LogP contribution in [0.5, 0.6) is 0 Å². The summed E-state index contributed by atoms with van der Waals surface area (Å²) in [7, 11) is 0. The molecule has 1 aromatic rings. The molecule has 1 aliphatic carbocycles. The van der Waals surface area contributed by atoms with Gasteiger partial charge in [0.05, 0.1) is 11.4 Å². The number of aliphatic imine (C=N–C) groups is 1. The average molecular weight is 631 g/mol. The molecule has 0 aromatic carbocycles. The SMILES string of the molecule is CC(C)(C)OC(=O)N[C@@H](C(=O)O[C@H]1[C@@H](O)[C@](C#N)(c2ccc(/C(N)=N\C=N)[nH]2)O[C@@H]1COC(=O)CC1CCCCC1)C(C)(C)C. The number of esters is 2. The Morgan fingerprint density at radius 1 is 1.24 bits per heavy atom. The highest BCUT2D eigenvalue weighted by Crippen LogP contribution is 2.41. The summed E-state index contributed by atoms with van der Waals surface area (Å²) in [6, 6.07) is 3.70. The van der Waals surface area contributed by atoms with Crippen molar-refractivity contribution in [3.63, 3.8) is 0 Å². The predicted molar refractivity (Wildman–Crippen MR) is 163 cm³/mol. The van der Waals surface area contributed by atoms with Gasteiger partial charge in [-0.3, -0.25) is 10.2 Å². The highest BCUT2D eigenvalue weighted by molar-refractivity contribution is 5.99. The molecule has 6 N–H and O–H groups in total. The molecule has 14 nitrogen and oxygen atoms in total. The number of amides is 1. The minimum atomic E-state index is -2.09. The summed E-state index contributed by atoms with van der Waals surface area (Å²) < 4.78 is 22.7. The standard InChI is InChI=1S/C31H46N6O8/c1-29(2,3)24(37-28(41)45-30(4,5)6)27(40)43-23-20(15-42-22(38)14-18-10-8-7-9-11-18)44-31(16-32,25(23)39)21-13-12-19(36-21)26(34)35-17-33/h12-13,17-18,20,23-25,36,39H,7-11,14-15H2,1-6H3,(H,37,41)(H3,33,34,35)/t20-,23-,24+,25-,31+/m1/s1. The number of carbonyl (C=O) groups is 3. The summed E-state index contributed by atoms with van der Waals surface area (Å²) in [5.41, 5.74) is 2.43. The number of H-pyrrole nitrogens is 1. The maximum absolute atomic E-state index is 13.6. The van der Waals surface area contributed by atoms with E-state index in [9.17, 15) is 24.8 Å². The molecule has 45 heavy (non-hydrogen) atoms. The van der Waals surface area contributed by atoms with E-state index in [-0.39, 0.29) is 29.6 Å². The lowest BCUT2D eigenvalue weighted by Gasteiger charge is -2.32. The molecule has 1 saturated heterocycles. The number of aromatic nitrogens is 1. The van der Waals surface area contributed by atoms with Crippen LogP contribution in [0.1, 0.15) is 91.5 Å². The van der Waals surface area contributed by atoms with Crippen molar-refractivity contribution in [1.82, 2.24) is 10.3 Å². The van der Waals surface area contributed by atoms with Crippen LogP contribution < -0.4 is 11.1 Å². The van der Waals surface area contributed by atoms with Gasteiger partial charge < -0.3 is 40.1 Å². The van der Waals surface area contributed by atoms with Gasteiger partial charge in [-0.1, -0.05) is 40.0 Å². The molecule has 2 fully saturated rings. The lowest BCUT2D eigenvalue weighted by atomic mass is 9.86. The van der Waals surface area contributed by atoms with Crippen molar-refractivity contribution >= 4 is 30.2 Å². The highest BCUT2D eigenvalue weighted by Gasteiger charge is 2.60. The van der Waals surface area contributed by atoms with E-state index >= 15 is 0 Å². The van der Waals surface area contributed by atoms with Crippen molar-refractivity contribution < 1.29 is 38.4 Å². The second-order valence-electron chi connectivity index (χ2n) is 13.6. The Bertz CT molecular complexity index is 1300. The predicted octanol–water partition coefficient (Wildman–Crippen LogP) is 3.17. The minimum absolute atomic E-state index is 0.0470. The number of nitrogens with two attached hydrogens (primary N) is 1.